The number of anilines is 2. The first-order chi connectivity index (χ1) is 9.63. The molecule has 1 aromatic carbocycles. The van der Waals surface area contributed by atoms with Gasteiger partial charge in [0.25, 0.3) is 0 Å². The van der Waals surface area contributed by atoms with Crippen molar-refractivity contribution in [1.29, 1.82) is 5.26 Å². The topological polar surface area (TPSA) is 70.9 Å². The quantitative estimate of drug-likeness (QED) is 0.901. The van der Waals surface area contributed by atoms with Crippen LogP contribution >= 0.6 is 0 Å². The molecule has 0 aliphatic heterocycles. The number of aromatic nitrogens is 2. The molecular weight excluding hydrogens is 250 g/mol. The Labute approximate surface area is 119 Å². The van der Waals surface area contributed by atoms with Crippen LogP contribution in [0.15, 0.2) is 30.3 Å². The molecule has 1 aromatic heterocycles. The first-order valence-electron chi connectivity index (χ1n) is 6.61. The van der Waals surface area contributed by atoms with Crippen molar-refractivity contribution in [3.8, 4) is 6.07 Å². The molecule has 0 spiro atoms. The monoisotopic (exact) mass is 269 g/mol. The molecule has 1 heterocycles. The summed E-state index contributed by atoms with van der Waals surface area (Å²) in [6, 6.07) is 12.4. The maximum absolute atomic E-state index is 9.15. The SMILES string of the molecule is CN(C)c1nn(CCCc2ccccc2)c(N)c1C#N. The summed E-state index contributed by atoms with van der Waals surface area (Å²) < 4.78 is 1.72. The van der Waals surface area contributed by atoms with E-state index in [1.54, 1.807) is 4.68 Å². The largest absolute Gasteiger partial charge is 0.383 e. The molecule has 2 rings (SSSR count). The Kier molecular flexibility index (Phi) is 4.26. The van der Waals surface area contributed by atoms with Crippen molar-refractivity contribution in [2.75, 3.05) is 24.7 Å². The number of benzene rings is 1. The number of nitrogen functional groups attached to an aromatic ring is 1. The maximum Gasteiger partial charge on any atom is 0.170 e. The van der Waals surface area contributed by atoms with Crippen LogP contribution < -0.4 is 10.6 Å². The van der Waals surface area contributed by atoms with Crippen LogP contribution in [0.4, 0.5) is 11.6 Å². The van der Waals surface area contributed by atoms with Crippen molar-refractivity contribution in [2.45, 2.75) is 19.4 Å². The smallest absolute Gasteiger partial charge is 0.170 e. The third-order valence-electron chi connectivity index (χ3n) is 3.19. The average Bonchev–Trinajstić information content (AvgIpc) is 2.77. The summed E-state index contributed by atoms with van der Waals surface area (Å²) in [5.41, 5.74) is 7.73. The van der Waals surface area contributed by atoms with E-state index < -0.39 is 0 Å². The van der Waals surface area contributed by atoms with E-state index in [1.807, 2.05) is 37.2 Å². The van der Waals surface area contributed by atoms with E-state index in [0.29, 0.717) is 23.7 Å². The van der Waals surface area contributed by atoms with Crippen LogP contribution in [-0.2, 0) is 13.0 Å². The van der Waals surface area contributed by atoms with Gasteiger partial charge in [-0.1, -0.05) is 30.3 Å². The van der Waals surface area contributed by atoms with Gasteiger partial charge in [-0.2, -0.15) is 10.4 Å². The van der Waals surface area contributed by atoms with Gasteiger partial charge in [-0.3, -0.25) is 0 Å². The Bertz CT molecular complexity index is 607. The minimum absolute atomic E-state index is 0.448. The number of aryl methyl sites for hydroxylation is 2. The molecule has 0 amide bonds. The summed E-state index contributed by atoms with van der Waals surface area (Å²) in [5.74, 6) is 1.08. The summed E-state index contributed by atoms with van der Waals surface area (Å²) in [6.07, 6.45) is 1.91. The van der Waals surface area contributed by atoms with Gasteiger partial charge in [0.05, 0.1) is 0 Å². The zero-order valence-corrected chi connectivity index (χ0v) is 11.9. The van der Waals surface area contributed by atoms with Gasteiger partial charge in [-0.25, -0.2) is 4.68 Å². The van der Waals surface area contributed by atoms with Crippen molar-refractivity contribution >= 4 is 11.6 Å². The van der Waals surface area contributed by atoms with E-state index in [-0.39, 0.29) is 0 Å². The summed E-state index contributed by atoms with van der Waals surface area (Å²) >= 11 is 0. The summed E-state index contributed by atoms with van der Waals surface area (Å²) in [6.45, 7) is 0.712. The van der Waals surface area contributed by atoms with Crippen LogP contribution in [0.2, 0.25) is 0 Å². The molecule has 2 N–H and O–H groups in total. The summed E-state index contributed by atoms with van der Waals surface area (Å²) in [4.78, 5) is 1.81. The van der Waals surface area contributed by atoms with E-state index in [2.05, 4.69) is 23.3 Å². The lowest BCUT2D eigenvalue weighted by Crippen LogP contribution is -2.11. The average molecular weight is 269 g/mol. The Morgan fingerprint density at radius 2 is 2.00 bits per heavy atom. The molecule has 0 saturated heterocycles. The van der Waals surface area contributed by atoms with Crippen LogP contribution in [0, 0.1) is 11.3 Å². The summed E-state index contributed by atoms with van der Waals surface area (Å²) in [5, 5.41) is 13.6. The molecule has 5 nitrogen and oxygen atoms in total. The zero-order chi connectivity index (χ0) is 14.5. The molecule has 5 heteroatoms. The van der Waals surface area contributed by atoms with Gasteiger partial charge in [-0.05, 0) is 18.4 Å². The number of hydrogen-bond acceptors (Lipinski definition) is 4. The van der Waals surface area contributed by atoms with Gasteiger partial charge in [0.1, 0.15) is 17.5 Å². The molecule has 2 aromatic rings. The van der Waals surface area contributed by atoms with Crippen LogP contribution in [0.5, 0.6) is 0 Å². The lowest BCUT2D eigenvalue weighted by molar-refractivity contribution is 0.586. The number of nitriles is 1. The first-order valence-corrected chi connectivity index (χ1v) is 6.61. The molecule has 0 bridgehead atoms. The van der Waals surface area contributed by atoms with Crippen molar-refractivity contribution in [2.24, 2.45) is 0 Å². The molecule has 0 atom stereocenters. The normalized spacial score (nSPS) is 10.2. The van der Waals surface area contributed by atoms with Crippen LogP contribution in [0.3, 0.4) is 0 Å². The lowest BCUT2D eigenvalue weighted by Gasteiger charge is -2.07. The van der Waals surface area contributed by atoms with Crippen LogP contribution in [-0.4, -0.2) is 23.9 Å². The highest BCUT2D eigenvalue weighted by atomic mass is 15.4. The van der Waals surface area contributed by atoms with Gasteiger partial charge >= 0.3 is 0 Å². The van der Waals surface area contributed by atoms with Gasteiger partial charge in [0, 0.05) is 20.6 Å². The van der Waals surface area contributed by atoms with Crippen molar-refractivity contribution in [3.63, 3.8) is 0 Å². The Hall–Kier alpha value is -2.48. The second kappa shape index (κ2) is 6.11. The molecule has 0 saturated carbocycles. The predicted molar refractivity (Wildman–Crippen MR) is 80.4 cm³/mol. The van der Waals surface area contributed by atoms with E-state index >= 15 is 0 Å². The highest BCUT2D eigenvalue weighted by Crippen LogP contribution is 2.22. The molecule has 104 valence electrons. The maximum atomic E-state index is 9.15. The number of nitrogens with zero attached hydrogens (tertiary/aromatic N) is 4. The molecule has 20 heavy (non-hydrogen) atoms. The van der Waals surface area contributed by atoms with Crippen LogP contribution in [0.25, 0.3) is 0 Å². The molecule has 0 aliphatic rings. The number of rotatable bonds is 5. The lowest BCUT2D eigenvalue weighted by atomic mass is 10.1. The molecule has 0 unspecified atom stereocenters. The van der Waals surface area contributed by atoms with E-state index in [4.69, 9.17) is 11.0 Å². The van der Waals surface area contributed by atoms with Gasteiger partial charge < -0.3 is 10.6 Å². The number of hydrogen-bond donors (Lipinski definition) is 1. The van der Waals surface area contributed by atoms with E-state index in [9.17, 15) is 0 Å². The fourth-order valence-electron chi connectivity index (χ4n) is 2.13. The van der Waals surface area contributed by atoms with E-state index in [0.717, 1.165) is 12.8 Å². The van der Waals surface area contributed by atoms with Crippen LogP contribution in [0.1, 0.15) is 17.5 Å². The highest BCUT2D eigenvalue weighted by Gasteiger charge is 2.16. The number of nitrogens with two attached hydrogens (primary N) is 1. The first kappa shape index (κ1) is 13.9. The fourth-order valence-corrected chi connectivity index (χ4v) is 2.13. The van der Waals surface area contributed by atoms with Crippen molar-refractivity contribution in [1.82, 2.24) is 9.78 Å². The zero-order valence-electron chi connectivity index (χ0n) is 11.9. The third kappa shape index (κ3) is 2.91. The molecule has 0 fully saturated rings. The Morgan fingerprint density at radius 1 is 1.30 bits per heavy atom. The van der Waals surface area contributed by atoms with Crippen molar-refractivity contribution in [3.05, 3.63) is 41.5 Å². The molecular formula is C15H19N5. The minimum atomic E-state index is 0.448. The standard InChI is InChI=1S/C15H19N5/c1-19(2)15-13(11-16)14(17)20(18-15)10-6-9-12-7-4-3-5-8-12/h3-5,7-8H,6,9-10,17H2,1-2H3. The fraction of sp³-hybridized carbons (Fsp3) is 0.333. The minimum Gasteiger partial charge on any atom is -0.383 e. The van der Waals surface area contributed by atoms with Gasteiger partial charge in [0.15, 0.2) is 5.82 Å². The highest BCUT2D eigenvalue weighted by molar-refractivity contribution is 5.64. The van der Waals surface area contributed by atoms with Gasteiger partial charge in [-0.15, -0.1) is 0 Å². The predicted octanol–water partition coefficient (Wildman–Crippen LogP) is 2.04. The van der Waals surface area contributed by atoms with Crippen molar-refractivity contribution < 1.29 is 0 Å². The Balaban J connectivity index is 2.05. The second-order valence-electron chi connectivity index (χ2n) is 4.90. The Morgan fingerprint density at radius 3 is 2.55 bits per heavy atom. The van der Waals surface area contributed by atoms with Gasteiger partial charge in [0.2, 0.25) is 0 Å². The second-order valence-corrected chi connectivity index (χ2v) is 4.90. The third-order valence-corrected chi connectivity index (χ3v) is 3.19. The van der Waals surface area contributed by atoms with E-state index in [1.165, 1.54) is 5.56 Å². The summed E-state index contributed by atoms with van der Waals surface area (Å²) in [7, 11) is 3.72. The molecule has 0 radical (unpaired) electrons. The molecule has 0 aliphatic carbocycles.